The lowest BCUT2D eigenvalue weighted by molar-refractivity contribution is -0.177. The van der Waals surface area contributed by atoms with Crippen molar-refractivity contribution in [2.24, 2.45) is 22.7 Å². The molecule has 0 heterocycles. The summed E-state index contributed by atoms with van der Waals surface area (Å²) < 4.78 is 5.97. The van der Waals surface area contributed by atoms with E-state index in [4.69, 9.17) is 4.74 Å². The molecule has 5 nitrogen and oxygen atoms in total. The minimum atomic E-state index is -0.996. The molecule has 2 fully saturated rings. The van der Waals surface area contributed by atoms with E-state index < -0.39 is 28.9 Å². The molecule has 30 heavy (non-hydrogen) atoms. The largest absolute Gasteiger partial charge is 0.481 e. The van der Waals surface area contributed by atoms with E-state index in [0.717, 1.165) is 18.4 Å². The van der Waals surface area contributed by atoms with Gasteiger partial charge in [0.05, 0.1) is 11.0 Å². The van der Waals surface area contributed by atoms with Crippen LogP contribution in [-0.2, 0) is 14.3 Å². The molecule has 0 amide bonds. The van der Waals surface area contributed by atoms with Gasteiger partial charge in [0.25, 0.3) is 0 Å². The van der Waals surface area contributed by atoms with Crippen LogP contribution in [0.1, 0.15) is 69.7 Å². The predicted molar refractivity (Wildman–Crippen MR) is 114 cm³/mol. The summed E-state index contributed by atoms with van der Waals surface area (Å²) in [5, 5.41) is 10.2. The second-order valence-electron chi connectivity index (χ2n) is 9.53. The number of Topliss-reactive ketones (excluding diaryl/α,β-unsaturated/α-hetero) is 1. The fourth-order valence-electron chi connectivity index (χ4n) is 6.10. The third-order valence-corrected chi connectivity index (χ3v) is 7.47. The normalized spacial score (nSPS) is 33.4. The van der Waals surface area contributed by atoms with Crippen LogP contribution in [0.2, 0.25) is 0 Å². The summed E-state index contributed by atoms with van der Waals surface area (Å²) >= 11 is 0. The Bertz CT molecular complexity index is 844. The Morgan fingerprint density at radius 3 is 2.43 bits per heavy atom. The number of hydrogen-bond acceptors (Lipinski definition) is 4. The van der Waals surface area contributed by atoms with Crippen LogP contribution in [0.3, 0.4) is 0 Å². The monoisotopic (exact) mass is 412 g/mol. The summed E-state index contributed by atoms with van der Waals surface area (Å²) in [6.07, 6.45) is 3.17. The van der Waals surface area contributed by atoms with Crippen molar-refractivity contribution < 1.29 is 24.2 Å². The summed E-state index contributed by atoms with van der Waals surface area (Å²) in [5.41, 5.74) is 0.0218. The maximum atomic E-state index is 12.8. The average Bonchev–Trinajstić information content (AvgIpc) is 2.67. The van der Waals surface area contributed by atoms with Gasteiger partial charge < -0.3 is 14.6 Å². The van der Waals surface area contributed by atoms with Crippen molar-refractivity contribution in [1.82, 2.24) is 0 Å². The number of carboxylic acids is 1. The number of rotatable bonds is 6. The second-order valence-corrected chi connectivity index (χ2v) is 9.53. The van der Waals surface area contributed by atoms with Crippen LogP contribution in [0.25, 0.3) is 0 Å². The van der Waals surface area contributed by atoms with Gasteiger partial charge in [-0.25, -0.2) is 4.79 Å². The minimum absolute atomic E-state index is 0.0389. The van der Waals surface area contributed by atoms with Crippen LogP contribution in [0.4, 0.5) is 0 Å². The highest BCUT2D eigenvalue weighted by Gasteiger charge is 2.62. The van der Waals surface area contributed by atoms with Crippen LogP contribution in [0, 0.1) is 22.7 Å². The fourth-order valence-corrected chi connectivity index (χ4v) is 6.10. The van der Waals surface area contributed by atoms with Gasteiger partial charge in [-0.05, 0) is 56.6 Å². The van der Waals surface area contributed by atoms with Gasteiger partial charge in [0.15, 0.2) is 0 Å². The Morgan fingerprint density at radius 2 is 1.83 bits per heavy atom. The van der Waals surface area contributed by atoms with Gasteiger partial charge in [-0.2, -0.15) is 0 Å². The van der Waals surface area contributed by atoms with Gasteiger partial charge in [-0.3, -0.25) is 4.79 Å². The molecule has 1 N–H and O–H groups in total. The SMILES string of the molecule is C=C1C[C@@H](OC(=O)c2ccccc2)[C@@H]2C(C)(CCC[C@@]2(C)C(=O)O)C1CCC(C)=O. The topological polar surface area (TPSA) is 80.7 Å². The first-order valence-corrected chi connectivity index (χ1v) is 10.8. The molecule has 5 atom stereocenters. The van der Waals surface area contributed by atoms with E-state index in [0.29, 0.717) is 31.2 Å². The van der Waals surface area contributed by atoms with Crippen LogP contribution >= 0.6 is 0 Å². The average molecular weight is 413 g/mol. The first-order valence-electron chi connectivity index (χ1n) is 10.8. The molecular formula is C25H32O5. The van der Waals surface area contributed by atoms with Crippen molar-refractivity contribution in [2.75, 3.05) is 0 Å². The quantitative estimate of drug-likeness (QED) is 0.522. The van der Waals surface area contributed by atoms with Crippen molar-refractivity contribution in [3.05, 3.63) is 48.0 Å². The Labute approximate surface area is 178 Å². The van der Waals surface area contributed by atoms with Gasteiger partial charge in [0.1, 0.15) is 11.9 Å². The number of fused-ring (bicyclic) bond motifs is 1. The van der Waals surface area contributed by atoms with Gasteiger partial charge in [-0.1, -0.05) is 43.7 Å². The second kappa shape index (κ2) is 8.37. The molecule has 162 valence electrons. The van der Waals surface area contributed by atoms with E-state index in [1.165, 1.54) is 0 Å². The van der Waals surface area contributed by atoms with E-state index in [1.54, 1.807) is 38.1 Å². The van der Waals surface area contributed by atoms with Crippen LogP contribution in [0.5, 0.6) is 0 Å². The lowest BCUT2D eigenvalue weighted by atomic mass is 9.45. The van der Waals surface area contributed by atoms with E-state index in [9.17, 15) is 19.5 Å². The predicted octanol–water partition coefficient (Wildman–Crippen LogP) is 5.05. The molecule has 0 aliphatic heterocycles. The van der Waals surface area contributed by atoms with Crippen LogP contribution in [-0.4, -0.2) is 28.9 Å². The van der Waals surface area contributed by atoms with E-state index in [1.807, 2.05) is 6.07 Å². The summed E-state index contributed by atoms with van der Waals surface area (Å²) in [6, 6.07) is 8.79. The molecule has 1 aromatic carbocycles. The first-order chi connectivity index (χ1) is 14.1. The third-order valence-electron chi connectivity index (χ3n) is 7.47. The number of ketones is 1. The molecule has 2 unspecified atom stereocenters. The number of aliphatic carboxylic acids is 1. The molecule has 0 radical (unpaired) electrons. The molecular weight excluding hydrogens is 380 g/mol. The number of carboxylic acid groups (broad SMARTS) is 1. The maximum Gasteiger partial charge on any atom is 0.338 e. The van der Waals surface area contributed by atoms with Crippen molar-refractivity contribution in [1.29, 1.82) is 0 Å². The first kappa shape index (κ1) is 22.3. The zero-order valence-corrected chi connectivity index (χ0v) is 18.1. The molecule has 5 heteroatoms. The zero-order valence-electron chi connectivity index (χ0n) is 18.1. The molecule has 0 aromatic heterocycles. The molecule has 0 saturated heterocycles. The zero-order chi connectivity index (χ0) is 22.1. The molecule has 0 spiro atoms. The highest BCUT2D eigenvalue weighted by Crippen LogP contribution is 2.62. The lowest BCUT2D eigenvalue weighted by Gasteiger charge is -2.59. The Kier molecular flexibility index (Phi) is 6.21. The molecule has 0 bridgehead atoms. The number of esters is 1. The molecule has 2 aliphatic carbocycles. The number of carbonyl (C=O) groups excluding carboxylic acids is 2. The maximum absolute atomic E-state index is 12.8. The number of hydrogen-bond donors (Lipinski definition) is 1. The molecule has 2 aliphatic rings. The van der Waals surface area contributed by atoms with Crippen molar-refractivity contribution in [3.63, 3.8) is 0 Å². The summed E-state index contributed by atoms with van der Waals surface area (Å²) in [4.78, 5) is 36.9. The van der Waals surface area contributed by atoms with Gasteiger partial charge in [-0.15, -0.1) is 0 Å². The van der Waals surface area contributed by atoms with Crippen LogP contribution in [0.15, 0.2) is 42.5 Å². The molecule has 2 saturated carbocycles. The van der Waals surface area contributed by atoms with Gasteiger partial charge >= 0.3 is 11.9 Å². The number of benzene rings is 1. The minimum Gasteiger partial charge on any atom is -0.481 e. The molecule has 3 rings (SSSR count). The standard InChI is InChI=1S/C25H32O5/c1-16-15-20(30-22(27)18-9-6-5-7-10-18)21-24(3,19(16)12-11-17(2)26)13-8-14-25(21,4)23(28)29/h5-7,9-10,19-21H,1,8,11-15H2,2-4H3,(H,28,29)/t19?,20-,21-,24?,25-/m1/s1. The van der Waals surface area contributed by atoms with E-state index in [-0.39, 0.29) is 17.6 Å². The Hall–Kier alpha value is -2.43. The van der Waals surface area contributed by atoms with E-state index in [2.05, 4.69) is 13.5 Å². The van der Waals surface area contributed by atoms with Gasteiger partial charge in [0.2, 0.25) is 0 Å². The fraction of sp³-hybridized carbons (Fsp3) is 0.560. The summed E-state index contributed by atoms with van der Waals surface area (Å²) in [7, 11) is 0. The highest BCUT2D eigenvalue weighted by molar-refractivity contribution is 5.89. The number of ether oxygens (including phenoxy) is 1. The summed E-state index contributed by atoms with van der Waals surface area (Å²) in [5.74, 6) is -1.46. The van der Waals surface area contributed by atoms with E-state index >= 15 is 0 Å². The smallest absolute Gasteiger partial charge is 0.338 e. The Balaban J connectivity index is 1.99. The van der Waals surface area contributed by atoms with Crippen molar-refractivity contribution >= 4 is 17.7 Å². The van der Waals surface area contributed by atoms with Crippen LogP contribution < -0.4 is 0 Å². The van der Waals surface area contributed by atoms with Crippen molar-refractivity contribution in [3.8, 4) is 0 Å². The summed E-state index contributed by atoms with van der Waals surface area (Å²) in [6.45, 7) is 9.76. The molecule has 1 aromatic rings. The van der Waals surface area contributed by atoms with Gasteiger partial charge in [0, 0.05) is 18.8 Å². The van der Waals surface area contributed by atoms with Crippen molar-refractivity contribution in [2.45, 2.75) is 65.4 Å². The lowest BCUT2D eigenvalue weighted by Crippen LogP contribution is -2.59. The third kappa shape index (κ3) is 3.94. The Morgan fingerprint density at radius 1 is 1.17 bits per heavy atom. The highest BCUT2D eigenvalue weighted by atomic mass is 16.5. The number of carbonyl (C=O) groups is 3.